The molecule has 0 aromatic carbocycles. The molecule has 4 N–H and O–H groups in total. The normalized spacial score (nSPS) is 14.7. The Labute approximate surface area is 89.7 Å². The Kier molecular flexibility index (Phi) is 3.47. The molecule has 0 aliphatic heterocycles. The minimum atomic E-state index is -0.368. The number of aromatic nitrogens is 2. The van der Waals surface area contributed by atoms with Crippen molar-refractivity contribution in [2.45, 2.75) is 32.7 Å². The quantitative estimate of drug-likeness (QED) is 0.688. The molecule has 0 bridgehead atoms. The molecule has 5 heteroatoms. The molecule has 0 saturated heterocycles. The van der Waals surface area contributed by atoms with E-state index in [1.54, 1.807) is 13.0 Å². The average molecular weight is 210 g/mol. The van der Waals surface area contributed by atoms with Gasteiger partial charge in [-0.3, -0.25) is 0 Å². The fraction of sp³-hybridized carbons (Fsp3) is 0.600. The maximum atomic E-state index is 9.25. The van der Waals surface area contributed by atoms with Crippen LogP contribution in [0.1, 0.15) is 26.1 Å². The van der Waals surface area contributed by atoms with Gasteiger partial charge in [-0.25, -0.2) is 9.97 Å². The molecule has 0 amide bonds. The highest BCUT2D eigenvalue weighted by molar-refractivity contribution is 5.46. The molecule has 1 atom stereocenters. The first-order chi connectivity index (χ1) is 6.99. The number of hydrogen-bond acceptors (Lipinski definition) is 5. The van der Waals surface area contributed by atoms with Crippen LogP contribution in [0.4, 0.5) is 11.6 Å². The van der Waals surface area contributed by atoms with E-state index >= 15 is 0 Å². The van der Waals surface area contributed by atoms with Gasteiger partial charge in [0.1, 0.15) is 17.5 Å². The van der Waals surface area contributed by atoms with Gasteiger partial charge in [0.2, 0.25) is 0 Å². The second-order valence-corrected chi connectivity index (χ2v) is 3.92. The Morgan fingerprint density at radius 1 is 1.53 bits per heavy atom. The van der Waals surface area contributed by atoms with Gasteiger partial charge in [-0.1, -0.05) is 6.92 Å². The Morgan fingerprint density at radius 2 is 2.20 bits per heavy atom. The zero-order valence-corrected chi connectivity index (χ0v) is 9.41. The van der Waals surface area contributed by atoms with E-state index in [9.17, 15) is 5.11 Å². The first kappa shape index (κ1) is 11.7. The molecular formula is C10H18N4O. The summed E-state index contributed by atoms with van der Waals surface area (Å²) in [4.78, 5) is 8.18. The van der Waals surface area contributed by atoms with Crippen LogP contribution in [-0.2, 0) is 0 Å². The van der Waals surface area contributed by atoms with E-state index in [0.29, 0.717) is 17.5 Å². The van der Waals surface area contributed by atoms with Gasteiger partial charge in [0.25, 0.3) is 0 Å². The summed E-state index contributed by atoms with van der Waals surface area (Å²) in [5.41, 5.74) is 5.24. The molecule has 0 saturated carbocycles. The minimum Gasteiger partial charge on any atom is -0.394 e. The van der Waals surface area contributed by atoms with Gasteiger partial charge in [0.05, 0.1) is 12.1 Å². The molecule has 0 aliphatic carbocycles. The third kappa shape index (κ3) is 3.06. The molecule has 84 valence electrons. The standard InChI is InChI=1S/C10H18N4O/c1-4-10(3,6-15)14-9-5-8(11)12-7(2)13-9/h5,15H,4,6H2,1-3H3,(H3,11,12,13,14). The van der Waals surface area contributed by atoms with Crippen LogP contribution in [0, 0.1) is 6.92 Å². The summed E-state index contributed by atoms with van der Waals surface area (Å²) in [6.07, 6.45) is 0.798. The summed E-state index contributed by atoms with van der Waals surface area (Å²) in [6, 6.07) is 1.66. The average Bonchev–Trinajstić information content (AvgIpc) is 2.16. The molecule has 0 radical (unpaired) electrons. The van der Waals surface area contributed by atoms with Crippen molar-refractivity contribution in [3.8, 4) is 0 Å². The molecular weight excluding hydrogens is 192 g/mol. The number of aliphatic hydroxyl groups excluding tert-OH is 1. The summed E-state index contributed by atoms with van der Waals surface area (Å²) in [6.45, 7) is 5.76. The summed E-state index contributed by atoms with van der Waals surface area (Å²) < 4.78 is 0. The molecule has 0 fully saturated rings. The number of nitrogens with two attached hydrogens (primary N) is 1. The zero-order valence-electron chi connectivity index (χ0n) is 9.41. The molecule has 15 heavy (non-hydrogen) atoms. The molecule has 1 aromatic rings. The van der Waals surface area contributed by atoms with Crippen molar-refractivity contribution < 1.29 is 5.11 Å². The van der Waals surface area contributed by atoms with Crippen LogP contribution in [0.5, 0.6) is 0 Å². The predicted molar refractivity (Wildman–Crippen MR) is 60.6 cm³/mol. The van der Waals surface area contributed by atoms with E-state index in [1.807, 2.05) is 13.8 Å². The number of rotatable bonds is 4. The Hall–Kier alpha value is -1.36. The van der Waals surface area contributed by atoms with Crippen molar-refractivity contribution >= 4 is 11.6 Å². The maximum absolute atomic E-state index is 9.25. The molecule has 5 nitrogen and oxygen atoms in total. The van der Waals surface area contributed by atoms with Gasteiger partial charge >= 0.3 is 0 Å². The van der Waals surface area contributed by atoms with Crippen molar-refractivity contribution in [2.24, 2.45) is 0 Å². The molecule has 1 rings (SSSR count). The third-order valence-electron chi connectivity index (χ3n) is 2.42. The highest BCUT2D eigenvalue weighted by Gasteiger charge is 2.21. The number of aliphatic hydroxyl groups is 1. The Morgan fingerprint density at radius 3 is 2.67 bits per heavy atom. The number of nitrogens with zero attached hydrogens (tertiary/aromatic N) is 2. The van der Waals surface area contributed by atoms with Crippen LogP contribution < -0.4 is 11.1 Å². The van der Waals surface area contributed by atoms with Gasteiger partial charge < -0.3 is 16.2 Å². The van der Waals surface area contributed by atoms with E-state index in [0.717, 1.165) is 6.42 Å². The molecule has 1 aromatic heterocycles. The number of aryl methyl sites for hydroxylation is 1. The number of anilines is 2. The number of hydrogen-bond donors (Lipinski definition) is 3. The van der Waals surface area contributed by atoms with Crippen LogP contribution in [0.3, 0.4) is 0 Å². The summed E-state index contributed by atoms with van der Waals surface area (Å²) in [5, 5.41) is 12.4. The smallest absolute Gasteiger partial charge is 0.132 e. The van der Waals surface area contributed by atoms with Crippen LogP contribution in [0.2, 0.25) is 0 Å². The van der Waals surface area contributed by atoms with E-state index in [4.69, 9.17) is 5.73 Å². The number of nitrogen functional groups attached to an aromatic ring is 1. The lowest BCUT2D eigenvalue weighted by Gasteiger charge is -2.27. The SMILES string of the molecule is CCC(C)(CO)Nc1cc(N)nc(C)n1. The largest absolute Gasteiger partial charge is 0.394 e. The lowest BCUT2D eigenvalue weighted by atomic mass is 10.0. The lowest BCUT2D eigenvalue weighted by molar-refractivity contribution is 0.218. The van der Waals surface area contributed by atoms with Gasteiger partial charge in [-0.15, -0.1) is 0 Å². The summed E-state index contributed by atoms with van der Waals surface area (Å²) >= 11 is 0. The fourth-order valence-corrected chi connectivity index (χ4v) is 1.20. The van der Waals surface area contributed by atoms with E-state index < -0.39 is 0 Å². The second-order valence-electron chi connectivity index (χ2n) is 3.92. The Bertz CT molecular complexity index is 316. The highest BCUT2D eigenvalue weighted by atomic mass is 16.3. The van der Waals surface area contributed by atoms with E-state index in [-0.39, 0.29) is 12.1 Å². The van der Waals surface area contributed by atoms with Crippen molar-refractivity contribution in [1.29, 1.82) is 0 Å². The van der Waals surface area contributed by atoms with Crippen molar-refractivity contribution in [2.75, 3.05) is 17.7 Å². The Balaban J connectivity index is 2.88. The van der Waals surface area contributed by atoms with Crippen molar-refractivity contribution in [3.05, 3.63) is 11.9 Å². The third-order valence-corrected chi connectivity index (χ3v) is 2.42. The van der Waals surface area contributed by atoms with Gasteiger partial charge in [-0.05, 0) is 20.3 Å². The lowest BCUT2D eigenvalue weighted by Crippen LogP contribution is -2.38. The van der Waals surface area contributed by atoms with Crippen molar-refractivity contribution in [3.63, 3.8) is 0 Å². The van der Waals surface area contributed by atoms with Gasteiger partial charge in [0, 0.05) is 6.07 Å². The van der Waals surface area contributed by atoms with Gasteiger partial charge in [-0.2, -0.15) is 0 Å². The molecule has 1 heterocycles. The van der Waals surface area contributed by atoms with Crippen LogP contribution in [-0.4, -0.2) is 27.2 Å². The van der Waals surface area contributed by atoms with Crippen molar-refractivity contribution in [1.82, 2.24) is 9.97 Å². The minimum absolute atomic E-state index is 0.0481. The van der Waals surface area contributed by atoms with E-state index in [2.05, 4.69) is 15.3 Å². The summed E-state index contributed by atoms with van der Waals surface area (Å²) in [7, 11) is 0. The second kappa shape index (κ2) is 4.44. The predicted octanol–water partition coefficient (Wildman–Crippen LogP) is 0.940. The maximum Gasteiger partial charge on any atom is 0.132 e. The fourth-order valence-electron chi connectivity index (χ4n) is 1.20. The summed E-state index contributed by atoms with van der Waals surface area (Å²) in [5.74, 6) is 1.70. The highest BCUT2D eigenvalue weighted by Crippen LogP contribution is 2.17. The first-order valence-electron chi connectivity index (χ1n) is 4.99. The van der Waals surface area contributed by atoms with Crippen LogP contribution in [0.25, 0.3) is 0 Å². The molecule has 1 unspecified atom stereocenters. The zero-order chi connectivity index (χ0) is 11.5. The van der Waals surface area contributed by atoms with Crippen LogP contribution >= 0.6 is 0 Å². The van der Waals surface area contributed by atoms with Gasteiger partial charge in [0.15, 0.2) is 0 Å². The topological polar surface area (TPSA) is 84.1 Å². The molecule has 0 spiro atoms. The first-order valence-corrected chi connectivity index (χ1v) is 4.99. The number of nitrogens with one attached hydrogen (secondary N) is 1. The van der Waals surface area contributed by atoms with Crippen LogP contribution in [0.15, 0.2) is 6.07 Å². The van der Waals surface area contributed by atoms with E-state index in [1.165, 1.54) is 0 Å². The monoisotopic (exact) mass is 210 g/mol. The molecule has 0 aliphatic rings.